The second kappa shape index (κ2) is 9.38. The quantitative estimate of drug-likeness (QED) is 0.558. The molecule has 8 heteroatoms. The smallest absolute Gasteiger partial charge is 0.263 e. The van der Waals surface area contributed by atoms with E-state index in [4.69, 9.17) is 28.3 Å². The molecule has 2 heterocycles. The first-order valence-corrected chi connectivity index (χ1v) is 11.8. The number of anilines is 1. The largest absolute Gasteiger partial charge is 0.312 e. The van der Waals surface area contributed by atoms with E-state index in [1.165, 1.54) is 18.6 Å². The van der Waals surface area contributed by atoms with Gasteiger partial charge in [-0.2, -0.15) is 10.5 Å². The molecule has 2 aliphatic heterocycles. The Labute approximate surface area is 198 Å². The van der Waals surface area contributed by atoms with Crippen molar-refractivity contribution >= 4 is 40.5 Å². The average Bonchev–Trinajstić information content (AvgIpc) is 3.14. The first kappa shape index (κ1) is 23.0. The van der Waals surface area contributed by atoms with E-state index in [1.54, 1.807) is 35.3 Å². The molecule has 1 amide bonds. The van der Waals surface area contributed by atoms with Crippen molar-refractivity contribution in [1.29, 1.82) is 0 Å². The summed E-state index contributed by atoms with van der Waals surface area (Å²) in [5.41, 5.74) is 5.20. The van der Waals surface area contributed by atoms with Crippen LogP contribution < -0.4 is 10.4 Å². The minimum atomic E-state index is -0.308. The van der Waals surface area contributed by atoms with Gasteiger partial charge in [0, 0.05) is 10.9 Å². The molecule has 2 atom stereocenters. The number of nitrogens with zero attached hydrogens (tertiary/aromatic N) is 3. The van der Waals surface area contributed by atoms with Gasteiger partial charge in [0.2, 0.25) is 0 Å². The second-order valence-electron chi connectivity index (χ2n) is 8.78. The highest BCUT2D eigenvalue weighted by molar-refractivity contribution is 6.40. The summed E-state index contributed by atoms with van der Waals surface area (Å²) in [6.07, 6.45) is 4.06. The molecule has 4 rings (SSSR count). The Morgan fingerprint density at radius 1 is 1.16 bits per heavy atom. The molecule has 1 saturated heterocycles. The van der Waals surface area contributed by atoms with E-state index in [9.17, 15) is 9.18 Å². The number of quaternary nitrogens is 1. The van der Waals surface area contributed by atoms with E-state index >= 15 is 0 Å². The Balaban J connectivity index is 1.73. The second-order valence-corrected chi connectivity index (χ2v) is 9.63. The molecule has 0 bridgehead atoms. The molecule has 0 unspecified atom stereocenters. The molecular formula is C24H28Cl2FN4O+. The van der Waals surface area contributed by atoms with Crippen molar-refractivity contribution in [2.24, 2.45) is 11.0 Å². The van der Waals surface area contributed by atoms with Crippen LogP contribution >= 0.6 is 23.2 Å². The van der Waals surface area contributed by atoms with Gasteiger partial charge in [0.25, 0.3) is 0 Å². The van der Waals surface area contributed by atoms with Crippen LogP contribution in [-0.2, 0) is 4.79 Å². The fourth-order valence-corrected chi connectivity index (χ4v) is 5.23. The van der Waals surface area contributed by atoms with Gasteiger partial charge in [-0.15, -0.1) is 0 Å². The van der Waals surface area contributed by atoms with Gasteiger partial charge < -0.3 is 0 Å². The van der Waals surface area contributed by atoms with E-state index < -0.39 is 0 Å². The van der Waals surface area contributed by atoms with Crippen molar-refractivity contribution in [2.75, 3.05) is 25.1 Å². The predicted octanol–water partition coefficient (Wildman–Crippen LogP) is 5.74. The van der Waals surface area contributed by atoms with Crippen molar-refractivity contribution in [3.63, 3.8) is 0 Å². The van der Waals surface area contributed by atoms with Gasteiger partial charge in [-0.3, -0.25) is 9.80 Å². The maximum atomic E-state index is 13.6. The molecule has 170 valence electrons. The molecule has 1 N–H and O–H groups in total. The molecule has 0 spiro atoms. The van der Waals surface area contributed by atoms with Gasteiger partial charge in [0.05, 0.1) is 23.8 Å². The molecular weight excluding hydrogens is 450 g/mol. The van der Waals surface area contributed by atoms with Gasteiger partial charge in [-0.05, 0) is 61.6 Å². The van der Waals surface area contributed by atoms with E-state index in [0.717, 1.165) is 31.5 Å². The predicted molar refractivity (Wildman–Crippen MR) is 127 cm³/mol. The normalized spacial score (nSPS) is 22.5. The fraction of sp³-hybridized carbons (Fsp3) is 0.417. The lowest BCUT2D eigenvalue weighted by Gasteiger charge is -2.36. The summed E-state index contributed by atoms with van der Waals surface area (Å²) in [6.45, 7) is 3.85. The molecule has 1 fully saturated rings. The lowest BCUT2D eigenvalue weighted by molar-refractivity contribution is -0.947. The van der Waals surface area contributed by atoms with Crippen LogP contribution in [0.4, 0.5) is 10.1 Å². The number of carbonyl (C=O) groups excluding carboxylic acids is 1. The van der Waals surface area contributed by atoms with E-state index in [0.29, 0.717) is 32.5 Å². The van der Waals surface area contributed by atoms with E-state index in [-0.39, 0.29) is 23.7 Å². The van der Waals surface area contributed by atoms with Gasteiger partial charge in [-0.1, -0.05) is 42.3 Å². The van der Waals surface area contributed by atoms with Crippen LogP contribution in [0, 0.1) is 11.7 Å². The summed E-state index contributed by atoms with van der Waals surface area (Å²) in [4.78, 5) is 13.4. The summed E-state index contributed by atoms with van der Waals surface area (Å²) in [5.74, 6) is -0.651. The van der Waals surface area contributed by atoms with Crippen LogP contribution in [0.25, 0.3) is 0 Å². The summed E-state index contributed by atoms with van der Waals surface area (Å²) in [6, 6.07) is 11.3. The number of hydrazone groups is 1. The van der Waals surface area contributed by atoms with Crippen molar-refractivity contribution in [3.8, 4) is 0 Å². The number of likely N-dealkylation sites (tertiary alicyclic amines) is 1. The molecule has 2 aromatic carbocycles. The maximum absolute atomic E-state index is 13.6. The SMILES string of the molecule is CC[C@@H]1C(C(=O)N[N+]2(C)CCCCC2)=NN(c2ccc(Cl)cc2Cl)[C@@H]1c1ccc(F)cc1. The van der Waals surface area contributed by atoms with Gasteiger partial charge in [0.1, 0.15) is 24.6 Å². The highest BCUT2D eigenvalue weighted by Gasteiger charge is 2.43. The summed E-state index contributed by atoms with van der Waals surface area (Å²) < 4.78 is 14.2. The first-order chi connectivity index (χ1) is 15.3. The highest BCUT2D eigenvalue weighted by Crippen LogP contribution is 2.43. The monoisotopic (exact) mass is 477 g/mol. The zero-order valence-electron chi connectivity index (χ0n) is 18.3. The standard InChI is InChI=1S/C24H27Cl2FN4O/c1-3-19-22(24(32)29-31(2)13-5-4-6-14-31)28-30(21-12-9-17(25)15-20(21)26)23(19)16-7-10-18(27)11-8-16/h7-12,15,19,23H,3-6,13-14H2,1-2H3/p+1/t19-,23-/m1/s1. The summed E-state index contributed by atoms with van der Waals surface area (Å²) in [7, 11) is 2.05. The van der Waals surface area contributed by atoms with Crippen LogP contribution in [0.1, 0.15) is 44.2 Å². The Morgan fingerprint density at radius 3 is 2.47 bits per heavy atom. The highest BCUT2D eigenvalue weighted by atomic mass is 35.5. The Morgan fingerprint density at radius 2 is 1.84 bits per heavy atom. The summed E-state index contributed by atoms with van der Waals surface area (Å²) in [5, 5.41) is 7.53. The number of benzene rings is 2. The first-order valence-electron chi connectivity index (χ1n) is 11.1. The lowest BCUT2D eigenvalue weighted by atomic mass is 9.87. The van der Waals surface area contributed by atoms with Crippen molar-refractivity contribution in [2.45, 2.75) is 38.6 Å². The van der Waals surface area contributed by atoms with Gasteiger partial charge in [-0.25, -0.2) is 8.98 Å². The number of rotatable bonds is 5. The Bertz CT molecular complexity index is 1020. The topological polar surface area (TPSA) is 44.7 Å². The minimum Gasteiger partial charge on any atom is -0.263 e. The number of hydrogen-bond donors (Lipinski definition) is 1. The number of amides is 1. The lowest BCUT2D eigenvalue weighted by Crippen LogP contribution is -2.61. The molecule has 2 aliphatic rings. The molecule has 0 saturated carbocycles. The van der Waals surface area contributed by atoms with E-state index in [2.05, 4.69) is 12.5 Å². The van der Waals surface area contributed by atoms with Crippen molar-refractivity contribution in [1.82, 2.24) is 5.43 Å². The van der Waals surface area contributed by atoms with Crippen LogP contribution in [0.2, 0.25) is 10.0 Å². The third-order valence-corrected chi connectivity index (χ3v) is 6.96. The minimum absolute atomic E-state index is 0.166. The van der Waals surface area contributed by atoms with Gasteiger partial charge in [0.15, 0.2) is 0 Å². The Hall–Kier alpha value is -2.15. The van der Waals surface area contributed by atoms with Crippen molar-refractivity contribution < 1.29 is 13.8 Å². The number of carbonyl (C=O) groups is 1. The van der Waals surface area contributed by atoms with Crippen LogP contribution in [0.5, 0.6) is 0 Å². The molecule has 0 radical (unpaired) electrons. The van der Waals surface area contributed by atoms with Crippen LogP contribution in [0.3, 0.4) is 0 Å². The number of nitrogens with one attached hydrogen (secondary N) is 1. The zero-order chi connectivity index (χ0) is 22.9. The number of piperidine rings is 1. The Kier molecular flexibility index (Phi) is 6.75. The van der Waals surface area contributed by atoms with E-state index in [1.807, 2.05) is 6.92 Å². The van der Waals surface area contributed by atoms with Crippen molar-refractivity contribution in [3.05, 3.63) is 63.9 Å². The van der Waals surface area contributed by atoms with Crippen LogP contribution in [0.15, 0.2) is 47.6 Å². The summed E-state index contributed by atoms with van der Waals surface area (Å²) >= 11 is 12.6. The zero-order valence-corrected chi connectivity index (χ0v) is 19.8. The number of hydrogen-bond acceptors (Lipinski definition) is 3. The molecule has 5 nitrogen and oxygen atoms in total. The van der Waals surface area contributed by atoms with Gasteiger partial charge >= 0.3 is 5.91 Å². The fourth-order valence-electron chi connectivity index (χ4n) is 4.73. The average molecular weight is 478 g/mol. The van der Waals surface area contributed by atoms with Crippen LogP contribution in [-0.4, -0.2) is 36.3 Å². The third-order valence-electron chi connectivity index (χ3n) is 6.43. The molecule has 32 heavy (non-hydrogen) atoms. The number of halogens is 3. The molecule has 2 aromatic rings. The molecule has 0 aliphatic carbocycles. The third kappa shape index (κ3) is 4.63. The maximum Gasteiger partial charge on any atom is 0.312 e. The molecule has 0 aromatic heterocycles.